The summed E-state index contributed by atoms with van der Waals surface area (Å²) in [6.45, 7) is 3.84. The fourth-order valence-electron chi connectivity index (χ4n) is 2.42. The van der Waals surface area contributed by atoms with Crippen molar-refractivity contribution in [2.45, 2.75) is 25.4 Å². The molecule has 1 heterocycles. The van der Waals surface area contributed by atoms with Crippen molar-refractivity contribution in [3.63, 3.8) is 0 Å². The van der Waals surface area contributed by atoms with Crippen LogP contribution in [0, 0.1) is 0 Å². The summed E-state index contributed by atoms with van der Waals surface area (Å²) in [5.74, 6) is -0.563. The van der Waals surface area contributed by atoms with E-state index in [-0.39, 0.29) is 17.0 Å². The molecule has 2 atom stereocenters. The lowest BCUT2D eigenvalue weighted by Crippen LogP contribution is -2.48. The number of amides is 1. The summed E-state index contributed by atoms with van der Waals surface area (Å²) in [4.78, 5) is 14.7. The van der Waals surface area contributed by atoms with Gasteiger partial charge in [-0.15, -0.1) is 0 Å². The van der Waals surface area contributed by atoms with Gasteiger partial charge in [0.2, 0.25) is 5.91 Å². The van der Waals surface area contributed by atoms with Crippen LogP contribution in [0.3, 0.4) is 0 Å². The summed E-state index contributed by atoms with van der Waals surface area (Å²) in [6.07, 6.45) is 1.00. The molecule has 2 N–H and O–H groups in total. The van der Waals surface area contributed by atoms with E-state index in [1.54, 1.807) is 0 Å². The number of ether oxygens (including phenoxy) is 1. The predicted molar refractivity (Wildman–Crippen MR) is 82.6 cm³/mol. The first-order valence-corrected chi connectivity index (χ1v) is 7.29. The summed E-state index contributed by atoms with van der Waals surface area (Å²) in [6, 6.07) is 9.47. The number of benzene rings is 1. The van der Waals surface area contributed by atoms with Crippen molar-refractivity contribution in [3.8, 4) is 0 Å². The lowest BCUT2D eigenvalue weighted by molar-refractivity contribution is -0.138. The highest BCUT2D eigenvalue weighted by molar-refractivity contribution is 7.80. The molecule has 0 radical (unpaired) electrons. The largest absolute Gasteiger partial charge is 0.392 e. The van der Waals surface area contributed by atoms with Gasteiger partial charge >= 0.3 is 0 Å². The number of thiocarbonyl (C=S) groups is 1. The molecule has 0 saturated carbocycles. The zero-order valence-electron chi connectivity index (χ0n) is 11.6. The molecule has 2 rings (SSSR count). The van der Waals surface area contributed by atoms with Crippen molar-refractivity contribution in [1.82, 2.24) is 4.90 Å². The van der Waals surface area contributed by atoms with Gasteiger partial charge in [-0.05, 0) is 12.0 Å². The van der Waals surface area contributed by atoms with Crippen molar-refractivity contribution < 1.29 is 9.53 Å². The average molecular weight is 292 g/mol. The number of nitrogens with zero attached hydrogens (tertiary/aromatic N) is 1. The number of hydrogen-bond donors (Lipinski definition) is 1. The summed E-state index contributed by atoms with van der Waals surface area (Å²) in [5.41, 5.74) is 6.65. The molecule has 5 heteroatoms. The van der Waals surface area contributed by atoms with E-state index in [1.165, 1.54) is 0 Å². The average Bonchev–Trinajstić information content (AvgIpc) is 2.48. The minimum absolute atomic E-state index is 0.0227. The highest BCUT2D eigenvalue weighted by atomic mass is 32.1. The standard InChI is InChI=1S/C15H20N2O2S/c1-2-12-10-17(8-9-19-12)15(18)13(14(16)20)11-6-4-3-5-7-11/h3-7,12-13H,2,8-10H2,1H3,(H2,16,20). The Kier molecular flexibility index (Phi) is 5.09. The Morgan fingerprint density at radius 2 is 2.20 bits per heavy atom. The highest BCUT2D eigenvalue weighted by Crippen LogP contribution is 2.21. The van der Waals surface area contributed by atoms with E-state index in [2.05, 4.69) is 6.92 Å². The zero-order valence-corrected chi connectivity index (χ0v) is 12.4. The second kappa shape index (κ2) is 6.81. The van der Waals surface area contributed by atoms with Crippen LogP contribution in [0.4, 0.5) is 0 Å². The molecule has 0 bridgehead atoms. The normalized spacial score (nSPS) is 20.4. The van der Waals surface area contributed by atoms with Crippen LogP contribution in [0.5, 0.6) is 0 Å². The van der Waals surface area contributed by atoms with Crippen LogP contribution in [-0.2, 0) is 9.53 Å². The lowest BCUT2D eigenvalue weighted by Gasteiger charge is -2.34. The fraction of sp³-hybridized carbons (Fsp3) is 0.467. The van der Waals surface area contributed by atoms with Gasteiger partial charge in [-0.1, -0.05) is 49.5 Å². The molecule has 1 aliphatic heterocycles. The van der Waals surface area contributed by atoms with Crippen molar-refractivity contribution >= 4 is 23.1 Å². The maximum Gasteiger partial charge on any atom is 0.237 e. The highest BCUT2D eigenvalue weighted by Gasteiger charge is 2.31. The molecule has 0 aromatic heterocycles. The first-order valence-electron chi connectivity index (χ1n) is 6.88. The molecular weight excluding hydrogens is 272 g/mol. The molecule has 2 unspecified atom stereocenters. The van der Waals surface area contributed by atoms with E-state index in [0.29, 0.717) is 19.7 Å². The molecule has 108 valence electrons. The Morgan fingerprint density at radius 1 is 1.50 bits per heavy atom. The molecule has 1 saturated heterocycles. The molecule has 0 aliphatic carbocycles. The van der Waals surface area contributed by atoms with Gasteiger partial charge < -0.3 is 15.4 Å². The maximum atomic E-state index is 12.7. The van der Waals surface area contributed by atoms with Crippen LogP contribution in [-0.4, -0.2) is 41.6 Å². The van der Waals surface area contributed by atoms with Crippen LogP contribution in [0.25, 0.3) is 0 Å². The molecule has 1 fully saturated rings. The molecule has 20 heavy (non-hydrogen) atoms. The summed E-state index contributed by atoms with van der Waals surface area (Å²) in [7, 11) is 0. The van der Waals surface area contributed by atoms with Crippen molar-refractivity contribution in [3.05, 3.63) is 35.9 Å². The van der Waals surface area contributed by atoms with Crippen LogP contribution < -0.4 is 5.73 Å². The van der Waals surface area contributed by atoms with Gasteiger partial charge in [0.25, 0.3) is 0 Å². The number of nitrogens with two attached hydrogens (primary N) is 1. The van der Waals surface area contributed by atoms with Gasteiger partial charge in [-0.3, -0.25) is 4.79 Å². The number of hydrogen-bond acceptors (Lipinski definition) is 3. The zero-order chi connectivity index (χ0) is 14.5. The molecule has 4 nitrogen and oxygen atoms in total. The first kappa shape index (κ1) is 14.9. The van der Waals surface area contributed by atoms with E-state index < -0.39 is 5.92 Å². The lowest BCUT2D eigenvalue weighted by atomic mass is 9.97. The number of carbonyl (C=O) groups is 1. The molecule has 1 aliphatic rings. The molecular formula is C15H20N2O2S. The maximum absolute atomic E-state index is 12.7. The molecule has 1 aromatic rings. The van der Waals surface area contributed by atoms with Crippen molar-refractivity contribution in [2.24, 2.45) is 5.73 Å². The summed E-state index contributed by atoms with van der Waals surface area (Å²) < 4.78 is 5.60. The third-order valence-corrected chi connectivity index (χ3v) is 3.81. The van der Waals surface area contributed by atoms with E-state index in [1.807, 2.05) is 35.2 Å². The van der Waals surface area contributed by atoms with Gasteiger partial charge in [0.1, 0.15) is 5.92 Å². The van der Waals surface area contributed by atoms with Crippen molar-refractivity contribution in [2.75, 3.05) is 19.7 Å². The topological polar surface area (TPSA) is 55.6 Å². The Morgan fingerprint density at radius 3 is 2.80 bits per heavy atom. The summed E-state index contributed by atoms with van der Waals surface area (Å²) in [5, 5.41) is 0. The van der Waals surface area contributed by atoms with Crippen LogP contribution in [0.15, 0.2) is 30.3 Å². The first-order chi connectivity index (χ1) is 9.63. The van der Waals surface area contributed by atoms with Crippen molar-refractivity contribution in [1.29, 1.82) is 0 Å². The minimum Gasteiger partial charge on any atom is -0.392 e. The number of morpholine rings is 1. The Balaban J connectivity index is 2.17. The Bertz CT molecular complexity index is 478. The Labute approximate surface area is 124 Å². The number of carbonyl (C=O) groups excluding carboxylic acids is 1. The van der Waals surface area contributed by atoms with Gasteiger partial charge in [0, 0.05) is 13.1 Å². The van der Waals surface area contributed by atoms with Gasteiger partial charge in [-0.25, -0.2) is 0 Å². The van der Waals surface area contributed by atoms with E-state index in [0.717, 1.165) is 12.0 Å². The molecule has 1 amide bonds. The minimum atomic E-state index is -0.540. The van der Waals surface area contributed by atoms with E-state index >= 15 is 0 Å². The third kappa shape index (κ3) is 3.35. The molecule has 1 aromatic carbocycles. The third-order valence-electron chi connectivity index (χ3n) is 3.57. The molecule has 0 spiro atoms. The second-order valence-electron chi connectivity index (χ2n) is 4.93. The fourth-order valence-corrected chi connectivity index (χ4v) is 2.66. The van der Waals surface area contributed by atoms with Gasteiger partial charge in [0.05, 0.1) is 17.7 Å². The second-order valence-corrected chi connectivity index (χ2v) is 5.40. The van der Waals surface area contributed by atoms with Crippen LogP contribution in [0.2, 0.25) is 0 Å². The summed E-state index contributed by atoms with van der Waals surface area (Å²) >= 11 is 5.10. The Hall–Kier alpha value is -1.46. The van der Waals surface area contributed by atoms with Gasteiger partial charge in [0.15, 0.2) is 0 Å². The quantitative estimate of drug-likeness (QED) is 0.858. The van der Waals surface area contributed by atoms with E-state index in [4.69, 9.17) is 22.7 Å². The van der Waals surface area contributed by atoms with Crippen LogP contribution >= 0.6 is 12.2 Å². The SMILES string of the molecule is CCC1CN(C(=O)C(C(N)=S)c2ccccc2)CCO1. The predicted octanol–water partition coefficient (Wildman–Crippen LogP) is 1.69. The monoisotopic (exact) mass is 292 g/mol. The van der Waals surface area contributed by atoms with Crippen LogP contribution in [0.1, 0.15) is 24.8 Å². The smallest absolute Gasteiger partial charge is 0.237 e. The number of rotatable bonds is 4. The van der Waals surface area contributed by atoms with Gasteiger partial charge in [-0.2, -0.15) is 0 Å². The van der Waals surface area contributed by atoms with E-state index in [9.17, 15) is 4.79 Å².